The van der Waals surface area contributed by atoms with Crippen LogP contribution in [0.4, 0.5) is 0 Å². The number of benzene rings is 1. The molecule has 1 heterocycles. The van der Waals surface area contributed by atoms with E-state index >= 15 is 0 Å². The first-order valence-corrected chi connectivity index (χ1v) is 5.67. The topological polar surface area (TPSA) is 35.0 Å². The van der Waals surface area contributed by atoms with E-state index in [1.165, 1.54) is 6.33 Å². The van der Waals surface area contributed by atoms with Gasteiger partial charge in [0.1, 0.15) is 12.1 Å². The minimum atomic E-state index is 0.564. The van der Waals surface area contributed by atoms with Crippen LogP contribution < -0.4 is 4.74 Å². The molecule has 0 unspecified atom stereocenters. The molecule has 3 nitrogen and oxygen atoms in total. The van der Waals surface area contributed by atoms with E-state index in [1.54, 1.807) is 6.07 Å². The van der Waals surface area contributed by atoms with Gasteiger partial charge in [-0.25, -0.2) is 9.97 Å². The molecule has 0 amide bonds. The summed E-state index contributed by atoms with van der Waals surface area (Å²) in [6.45, 7) is 3.90. The van der Waals surface area contributed by atoms with E-state index in [0.29, 0.717) is 5.88 Å². The Kier molecular flexibility index (Phi) is 3.19. The maximum atomic E-state index is 5.69. The van der Waals surface area contributed by atoms with E-state index in [-0.39, 0.29) is 0 Å². The maximum Gasteiger partial charge on any atom is 0.222 e. The summed E-state index contributed by atoms with van der Waals surface area (Å²) in [5.41, 5.74) is 1.96. The zero-order valence-electron chi connectivity index (χ0n) is 9.07. The number of hydrogen-bond donors (Lipinski definition) is 0. The fourth-order valence-electron chi connectivity index (χ4n) is 1.28. The summed E-state index contributed by atoms with van der Waals surface area (Å²) in [4.78, 5) is 8.08. The second-order valence-electron chi connectivity index (χ2n) is 3.51. The Morgan fingerprint density at radius 2 is 1.94 bits per heavy atom. The summed E-state index contributed by atoms with van der Waals surface area (Å²) >= 11 is 3.41. The molecule has 0 N–H and O–H groups in total. The van der Waals surface area contributed by atoms with Crippen LogP contribution in [0.3, 0.4) is 0 Å². The second kappa shape index (κ2) is 4.61. The van der Waals surface area contributed by atoms with Crippen LogP contribution in [0, 0.1) is 13.8 Å². The average molecular weight is 279 g/mol. The summed E-state index contributed by atoms with van der Waals surface area (Å²) in [5.74, 6) is 1.36. The predicted octanol–water partition coefficient (Wildman–Crippen LogP) is 3.65. The molecule has 0 saturated heterocycles. The predicted molar refractivity (Wildman–Crippen MR) is 65.7 cm³/mol. The Morgan fingerprint density at radius 3 is 2.69 bits per heavy atom. The van der Waals surface area contributed by atoms with Gasteiger partial charge in [0.05, 0.1) is 0 Å². The number of nitrogens with zero attached hydrogens (tertiary/aromatic N) is 2. The Balaban J connectivity index is 2.30. The first kappa shape index (κ1) is 11.1. The van der Waals surface area contributed by atoms with Gasteiger partial charge in [-0.05, 0) is 31.5 Å². The maximum absolute atomic E-state index is 5.69. The molecular formula is C12H11BrN2O. The van der Waals surface area contributed by atoms with Crippen LogP contribution in [-0.4, -0.2) is 9.97 Å². The summed E-state index contributed by atoms with van der Waals surface area (Å²) < 4.78 is 6.67. The number of ether oxygens (including phenoxy) is 1. The molecule has 0 atom stereocenters. The molecule has 0 fully saturated rings. The molecule has 0 spiro atoms. The highest BCUT2D eigenvalue weighted by Gasteiger charge is 2.03. The average Bonchev–Trinajstić information content (AvgIpc) is 2.24. The molecule has 0 aliphatic carbocycles. The van der Waals surface area contributed by atoms with Crippen molar-refractivity contribution < 1.29 is 4.74 Å². The molecule has 0 aliphatic heterocycles. The molecule has 0 aliphatic rings. The minimum Gasteiger partial charge on any atom is -0.439 e. The summed E-state index contributed by atoms with van der Waals surface area (Å²) in [6, 6.07) is 7.70. The largest absolute Gasteiger partial charge is 0.439 e. The van der Waals surface area contributed by atoms with Gasteiger partial charge in [0.15, 0.2) is 0 Å². The smallest absolute Gasteiger partial charge is 0.222 e. The Bertz CT molecular complexity index is 514. The molecular weight excluding hydrogens is 268 g/mol. The van der Waals surface area contributed by atoms with Crippen molar-refractivity contribution in [1.82, 2.24) is 9.97 Å². The van der Waals surface area contributed by atoms with E-state index in [1.807, 2.05) is 32.0 Å². The number of rotatable bonds is 2. The van der Waals surface area contributed by atoms with E-state index < -0.39 is 0 Å². The molecule has 1 aromatic heterocycles. The molecule has 16 heavy (non-hydrogen) atoms. The molecule has 4 heteroatoms. The highest BCUT2D eigenvalue weighted by atomic mass is 79.9. The lowest BCUT2D eigenvalue weighted by Gasteiger charge is -2.08. The minimum absolute atomic E-state index is 0.564. The fraction of sp³-hybridized carbons (Fsp3) is 0.167. The lowest BCUT2D eigenvalue weighted by molar-refractivity contribution is 0.457. The standard InChI is InChI=1S/C12H11BrN2O/c1-8-3-4-10(13)6-11(8)16-12-5-9(2)14-7-15-12/h3-7H,1-2H3. The van der Waals surface area contributed by atoms with Gasteiger partial charge in [0.2, 0.25) is 5.88 Å². The highest BCUT2D eigenvalue weighted by molar-refractivity contribution is 9.10. The molecule has 1 aromatic carbocycles. The number of halogens is 1. The quantitative estimate of drug-likeness (QED) is 0.841. The molecule has 2 rings (SSSR count). The lowest BCUT2D eigenvalue weighted by atomic mass is 10.2. The van der Waals surface area contributed by atoms with E-state index in [2.05, 4.69) is 25.9 Å². The summed E-state index contributed by atoms with van der Waals surface area (Å²) in [7, 11) is 0. The monoisotopic (exact) mass is 278 g/mol. The summed E-state index contributed by atoms with van der Waals surface area (Å²) in [6.07, 6.45) is 1.50. The van der Waals surface area contributed by atoms with Crippen molar-refractivity contribution in [3.8, 4) is 11.6 Å². The Morgan fingerprint density at radius 1 is 1.12 bits per heavy atom. The number of aryl methyl sites for hydroxylation is 2. The SMILES string of the molecule is Cc1cc(Oc2cc(Br)ccc2C)ncn1. The Labute approximate surface area is 103 Å². The van der Waals surface area contributed by atoms with Crippen LogP contribution in [-0.2, 0) is 0 Å². The van der Waals surface area contributed by atoms with Crippen molar-refractivity contribution in [2.24, 2.45) is 0 Å². The van der Waals surface area contributed by atoms with Crippen molar-refractivity contribution in [2.75, 3.05) is 0 Å². The van der Waals surface area contributed by atoms with Gasteiger partial charge in [-0.15, -0.1) is 0 Å². The van der Waals surface area contributed by atoms with Crippen LogP contribution in [0.25, 0.3) is 0 Å². The van der Waals surface area contributed by atoms with Gasteiger partial charge in [0.25, 0.3) is 0 Å². The zero-order valence-corrected chi connectivity index (χ0v) is 10.7. The van der Waals surface area contributed by atoms with Crippen LogP contribution in [0.1, 0.15) is 11.3 Å². The molecule has 82 valence electrons. The van der Waals surface area contributed by atoms with Crippen molar-refractivity contribution in [3.05, 3.63) is 46.3 Å². The van der Waals surface area contributed by atoms with Gasteiger partial charge in [-0.2, -0.15) is 0 Å². The third-order valence-corrected chi connectivity index (χ3v) is 2.64. The first-order chi connectivity index (χ1) is 7.65. The zero-order chi connectivity index (χ0) is 11.5. The normalized spacial score (nSPS) is 10.2. The van der Waals surface area contributed by atoms with Gasteiger partial charge < -0.3 is 4.74 Å². The van der Waals surface area contributed by atoms with Crippen LogP contribution >= 0.6 is 15.9 Å². The van der Waals surface area contributed by atoms with Gasteiger partial charge in [-0.3, -0.25) is 0 Å². The van der Waals surface area contributed by atoms with Gasteiger partial charge >= 0.3 is 0 Å². The van der Waals surface area contributed by atoms with Crippen LogP contribution in [0.5, 0.6) is 11.6 Å². The third-order valence-electron chi connectivity index (χ3n) is 2.14. The first-order valence-electron chi connectivity index (χ1n) is 4.88. The van der Waals surface area contributed by atoms with E-state index in [0.717, 1.165) is 21.5 Å². The number of aromatic nitrogens is 2. The molecule has 2 aromatic rings. The number of hydrogen-bond acceptors (Lipinski definition) is 3. The van der Waals surface area contributed by atoms with E-state index in [4.69, 9.17) is 4.74 Å². The molecule has 0 radical (unpaired) electrons. The Hall–Kier alpha value is -1.42. The van der Waals surface area contributed by atoms with E-state index in [9.17, 15) is 0 Å². The van der Waals surface area contributed by atoms with Crippen molar-refractivity contribution in [1.29, 1.82) is 0 Å². The lowest BCUT2D eigenvalue weighted by Crippen LogP contribution is -1.92. The fourth-order valence-corrected chi connectivity index (χ4v) is 1.62. The highest BCUT2D eigenvalue weighted by Crippen LogP contribution is 2.26. The van der Waals surface area contributed by atoms with Gasteiger partial charge in [0, 0.05) is 16.2 Å². The van der Waals surface area contributed by atoms with Crippen LogP contribution in [0.15, 0.2) is 35.1 Å². The van der Waals surface area contributed by atoms with Crippen molar-refractivity contribution in [2.45, 2.75) is 13.8 Å². The van der Waals surface area contributed by atoms with Gasteiger partial charge in [-0.1, -0.05) is 22.0 Å². The molecule has 0 saturated carbocycles. The van der Waals surface area contributed by atoms with Crippen molar-refractivity contribution in [3.63, 3.8) is 0 Å². The van der Waals surface area contributed by atoms with Crippen LogP contribution in [0.2, 0.25) is 0 Å². The summed E-state index contributed by atoms with van der Waals surface area (Å²) in [5, 5.41) is 0. The third kappa shape index (κ3) is 2.58. The second-order valence-corrected chi connectivity index (χ2v) is 4.43. The molecule has 0 bridgehead atoms. The van der Waals surface area contributed by atoms with Crippen molar-refractivity contribution >= 4 is 15.9 Å².